The van der Waals surface area contributed by atoms with Gasteiger partial charge in [-0.25, -0.2) is 4.98 Å². The maximum atomic E-state index is 12.5. The molecule has 0 radical (unpaired) electrons. The van der Waals surface area contributed by atoms with E-state index in [1.807, 2.05) is 20.0 Å². The molecule has 2 aromatic rings. The summed E-state index contributed by atoms with van der Waals surface area (Å²) in [6.07, 6.45) is 12.0. The van der Waals surface area contributed by atoms with Gasteiger partial charge < -0.3 is 10.2 Å². The first-order valence-corrected chi connectivity index (χ1v) is 15.0. The summed E-state index contributed by atoms with van der Waals surface area (Å²) in [5, 5.41) is 3.53. The molecule has 1 N–H and O–H groups in total. The molecule has 1 aromatic carbocycles. The third kappa shape index (κ3) is 7.47. The Labute approximate surface area is 232 Å². The second kappa shape index (κ2) is 13.9. The molecular weight excluding hydrogens is 468 g/mol. The number of nitrogens with zero attached hydrogens (tertiary/aromatic N) is 3. The average molecular weight is 519 g/mol. The normalized spacial score (nSPS) is 20.3. The molecule has 1 unspecified atom stereocenters. The molecule has 2 heterocycles. The van der Waals surface area contributed by atoms with Crippen LogP contribution in [0.1, 0.15) is 90.6 Å². The van der Waals surface area contributed by atoms with Crippen LogP contribution in [0.5, 0.6) is 0 Å². The zero-order chi connectivity index (χ0) is 26.9. The Morgan fingerprint density at radius 2 is 1.79 bits per heavy atom. The van der Waals surface area contributed by atoms with Crippen LogP contribution in [0.2, 0.25) is 0 Å². The molecule has 208 valence electrons. The van der Waals surface area contributed by atoms with Crippen molar-refractivity contribution in [1.29, 1.82) is 0 Å². The van der Waals surface area contributed by atoms with Crippen molar-refractivity contribution in [3.8, 4) is 0 Å². The van der Waals surface area contributed by atoms with E-state index in [9.17, 15) is 4.79 Å². The number of allylic oxidation sites excluding steroid dienone is 1. The monoisotopic (exact) mass is 518 g/mol. The van der Waals surface area contributed by atoms with Gasteiger partial charge in [-0.15, -0.1) is 6.58 Å². The Balaban J connectivity index is 0.00000137. The van der Waals surface area contributed by atoms with Gasteiger partial charge >= 0.3 is 0 Å². The number of aromatic nitrogens is 1. The quantitative estimate of drug-likeness (QED) is 0.362. The molecule has 2 aliphatic carbocycles. The molecule has 2 fully saturated rings. The number of pyridine rings is 1. The first-order valence-electron chi connectivity index (χ1n) is 15.0. The Hall–Kier alpha value is -2.66. The molecule has 1 saturated heterocycles. The number of fused-ring (bicyclic) bond motifs is 1. The van der Waals surface area contributed by atoms with Gasteiger partial charge in [-0.3, -0.25) is 9.69 Å². The minimum atomic E-state index is 0. The Morgan fingerprint density at radius 3 is 2.47 bits per heavy atom. The van der Waals surface area contributed by atoms with Crippen LogP contribution in [0.25, 0.3) is 0 Å². The summed E-state index contributed by atoms with van der Waals surface area (Å²) in [6.45, 7) is 15.7. The number of Topliss-reactive ketones (excluding diaryl/α,β-unsaturated/α-hetero) is 1. The summed E-state index contributed by atoms with van der Waals surface area (Å²) in [7, 11) is 0. The summed E-state index contributed by atoms with van der Waals surface area (Å²) in [6, 6.07) is 11.0. The predicted octanol–water partition coefficient (Wildman–Crippen LogP) is 7.75. The molecule has 0 bridgehead atoms. The zero-order valence-electron chi connectivity index (χ0n) is 24.0. The van der Waals surface area contributed by atoms with E-state index in [1.54, 1.807) is 0 Å². The van der Waals surface area contributed by atoms with Gasteiger partial charge in [-0.05, 0) is 92.4 Å². The zero-order valence-corrected chi connectivity index (χ0v) is 24.0. The molecule has 0 spiro atoms. The molecule has 5 nitrogen and oxygen atoms in total. The lowest BCUT2D eigenvalue weighted by Crippen LogP contribution is -2.46. The van der Waals surface area contributed by atoms with Gasteiger partial charge in [0.25, 0.3) is 0 Å². The highest BCUT2D eigenvalue weighted by molar-refractivity contribution is 5.84. The van der Waals surface area contributed by atoms with E-state index in [0.717, 1.165) is 49.7 Å². The number of hydrogen-bond acceptors (Lipinski definition) is 5. The van der Waals surface area contributed by atoms with Crippen molar-refractivity contribution in [3.05, 3.63) is 59.8 Å². The van der Waals surface area contributed by atoms with Gasteiger partial charge in [0.05, 0.1) is 0 Å². The van der Waals surface area contributed by atoms with Crippen molar-refractivity contribution in [2.24, 2.45) is 5.92 Å². The van der Waals surface area contributed by atoms with Crippen molar-refractivity contribution in [3.63, 3.8) is 0 Å². The van der Waals surface area contributed by atoms with Crippen LogP contribution >= 0.6 is 0 Å². The summed E-state index contributed by atoms with van der Waals surface area (Å²) in [5.74, 6) is 2.28. The number of rotatable bonds is 8. The second-order valence-corrected chi connectivity index (χ2v) is 11.3. The number of carbonyl (C=O) groups excluding carboxylic acids is 1. The summed E-state index contributed by atoms with van der Waals surface area (Å²) < 4.78 is 0. The van der Waals surface area contributed by atoms with Crippen LogP contribution in [-0.4, -0.2) is 48.4 Å². The number of carbonyl (C=O) groups is 1. The number of nitrogens with one attached hydrogen (secondary N) is 1. The highest BCUT2D eigenvalue weighted by atomic mass is 16.1. The molecule has 0 amide bonds. The molecule has 1 atom stereocenters. The van der Waals surface area contributed by atoms with E-state index < -0.39 is 0 Å². The first-order chi connectivity index (χ1) is 18.5. The third-order valence-electron chi connectivity index (χ3n) is 8.43. The fourth-order valence-corrected chi connectivity index (χ4v) is 6.40. The van der Waals surface area contributed by atoms with Gasteiger partial charge in [0.2, 0.25) is 0 Å². The Morgan fingerprint density at radius 1 is 1.08 bits per heavy atom. The van der Waals surface area contributed by atoms with Crippen molar-refractivity contribution in [2.75, 3.05) is 42.9 Å². The van der Waals surface area contributed by atoms with Crippen molar-refractivity contribution < 1.29 is 6.22 Å². The van der Waals surface area contributed by atoms with Crippen LogP contribution in [0.4, 0.5) is 17.2 Å². The smallest absolute Gasteiger partial charge is 0.137 e. The van der Waals surface area contributed by atoms with Crippen LogP contribution < -0.4 is 10.2 Å². The van der Waals surface area contributed by atoms with Gasteiger partial charge in [-0.2, -0.15) is 0 Å². The maximum Gasteiger partial charge on any atom is 0.137 e. The fraction of sp³-hybridized carbons (Fsp3) is 0.576. The number of benzene rings is 1. The van der Waals surface area contributed by atoms with E-state index in [4.69, 9.17) is 0 Å². The molecule has 5 heteroatoms. The van der Waals surface area contributed by atoms with Crippen molar-refractivity contribution in [1.82, 2.24) is 9.88 Å². The van der Waals surface area contributed by atoms with Gasteiger partial charge in [0, 0.05) is 58.0 Å². The summed E-state index contributed by atoms with van der Waals surface area (Å²) >= 11 is 0. The second-order valence-electron chi connectivity index (χ2n) is 11.3. The van der Waals surface area contributed by atoms with Crippen LogP contribution in [0, 0.1) is 5.92 Å². The molecule has 1 aromatic heterocycles. The molecule has 1 saturated carbocycles. The standard InChI is InChI=1S/C31H42N4O.C2H6.H2/c1-23(2)7-6-14-34-15-17-35(18-16-34)27-12-10-26(11-13-27)33-31-21-30-25(22-32-31)19-28(36)20-29(30)24-8-4-3-5-9-24;1-2;/h10-13,21-22,24,29H,1,3-9,14-20H2,2H3,(H,32,33);1-2H3;1H. The molecule has 5 rings (SSSR count). The fourth-order valence-electron chi connectivity index (χ4n) is 6.40. The van der Waals surface area contributed by atoms with Gasteiger partial charge in [0.15, 0.2) is 0 Å². The molecule has 38 heavy (non-hydrogen) atoms. The Kier molecular flexibility index (Phi) is 10.4. The number of ketones is 1. The largest absolute Gasteiger partial charge is 0.369 e. The third-order valence-corrected chi connectivity index (χ3v) is 8.43. The Bertz CT molecular complexity index is 1060. The predicted molar refractivity (Wildman–Crippen MR) is 163 cm³/mol. The first kappa shape index (κ1) is 28.4. The number of anilines is 3. The van der Waals surface area contributed by atoms with E-state index in [2.05, 4.69) is 63.9 Å². The molecule has 1 aliphatic heterocycles. The van der Waals surface area contributed by atoms with Gasteiger partial charge in [-0.1, -0.05) is 38.7 Å². The lowest BCUT2D eigenvalue weighted by molar-refractivity contribution is -0.119. The topological polar surface area (TPSA) is 48.5 Å². The number of piperazine rings is 1. The molecular formula is C33H50N4O. The highest BCUT2D eigenvalue weighted by Crippen LogP contribution is 2.42. The van der Waals surface area contributed by atoms with E-state index >= 15 is 0 Å². The average Bonchev–Trinajstić information content (AvgIpc) is 2.95. The van der Waals surface area contributed by atoms with Crippen LogP contribution in [-0.2, 0) is 11.2 Å². The summed E-state index contributed by atoms with van der Waals surface area (Å²) in [5.41, 5.74) is 6.13. The van der Waals surface area contributed by atoms with E-state index in [1.165, 1.54) is 61.9 Å². The van der Waals surface area contributed by atoms with E-state index in [-0.39, 0.29) is 1.43 Å². The van der Waals surface area contributed by atoms with Gasteiger partial charge in [0.1, 0.15) is 11.6 Å². The maximum absolute atomic E-state index is 12.5. The minimum absolute atomic E-state index is 0. The minimum Gasteiger partial charge on any atom is -0.369 e. The van der Waals surface area contributed by atoms with Crippen LogP contribution in [0.15, 0.2) is 48.7 Å². The van der Waals surface area contributed by atoms with E-state index in [0.29, 0.717) is 30.5 Å². The summed E-state index contributed by atoms with van der Waals surface area (Å²) in [4.78, 5) is 22.2. The highest BCUT2D eigenvalue weighted by Gasteiger charge is 2.32. The lowest BCUT2D eigenvalue weighted by atomic mass is 9.71. The molecule has 3 aliphatic rings. The van der Waals surface area contributed by atoms with Crippen LogP contribution in [0.3, 0.4) is 0 Å². The SMILES string of the molecule is C=C(C)CCCN1CCN(c2ccc(Nc3cc4c(cn3)CC(=O)CC4C3CCCCC3)cc2)CC1.CC.[HH]. The van der Waals surface area contributed by atoms with Crippen molar-refractivity contribution >= 4 is 23.0 Å². The lowest BCUT2D eigenvalue weighted by Gasteiger charge is -2.36. The van der Waals surface area contributed by atoms with Crippen molar-refractivity contribution in [2.45, 2.75) is 84.5 Å². The number of hydrogen-bond donors (Lipinski definition) is 1.